The molecule has 0 amide bonds. The molecule has 0 unspecified atom stereocenters. The van der Waals surface area contributed by atoms with Gasteiger partial charge in [0.05, 0.1) is 28.8 Å². The summed E-state index contributed by atoms with van der Waals surface area (Å²) in [5.41, 5.74) is 1.70. The van der Waals surface area contributed by atoms with Gasteiger partial charge in [-0.3, -0.25) is 4.31 Å². The molecule has 0 atom stereocenters. The van der Waals surface area contributed by atoms with Gasteiger partial charge in [0.15, 0.2) is 11.5 Å². The molecule has 1 aliphatic heterocycles. The van der Waals surface area contributed by atoms with Crippen molar-refractivity contribution < 1.29 is 17.9 Å². The molecule has 0 saturated heterocycles. The second-order valence-corrected chi connectivity index (χ2v) is 8.68. The lowest BCUT2D eigenvalue weighted by molar-refractivity contribution is 0.171. The van der Waals surface area contributed by atoms with E-state index in [-0.39, 0.29) is 17.0 Å². The largest absolute Gasteiger partial charge is 0.486 e. The number of hydrogen-bond acceptors (Lipinski definition) is 5. The van der Waals surface area contributed by atoms with Crippen molar-refractivity contribution in [2.24, 2.45) is 0 Å². The van der Waals surface area contributed by atoms with E-state index in [4.69, 9.17) is 9.47 Å². The molecule has 0 bridgehead atoms. The molecule has 3 aromatic rings. The van der Waals surface area contributed by atoms with Gasteiger partial charge in [-0.25, -0.2) is 8.42 Å². The molecule has 156 valence electrons. The predicted octanol–water partition coefficient (Wildman–Crippen LogP) is 4.24. The van der Waals surface area contributed by atoms with Gasteiger partial charge in [-0.1, -0.05) is 48.6 Å². The summed E-state index contributed by atoms with van der Waals surface area (Å²) in [5, 5.41) is 9.18. The first-order valence-electron chi connectivity index (χ1n) is 9.72. The van der Waals surface area contributed by atoms with Gasteiger partial charge in [0.1, 0.15) is 13.2 Å². The molecule has 31 heavy (non-hydrogen) atoms. The van der Waals surface area contributed by atoms with Crippen LogP contribution in [-0.4, -0.2) is 28.2 Å². The highest BCUT2D eigenvalue weighted by molar-refractivity contribution is 7.92. The van der Waals surface area contributed by atoms with Gasteiger partial charge in [0.25, 0.3) is 10.0 Å². The van der Waals surface area contributed by atoms with Gasteiger partial charge < -0.3 is 9.47 Å². The predicted molar refractivity (Wildman–Crippen MR) is 119 cm³/mol. The fourth-order valence-electron chi connectivity index (χ4n) is 3.23. The average molecular weight is 433 g/mol. The van der Waals surface area contributed by atoms with E-state index in [2.05, 4.69) is 0 Å². The van der Waals surface area contributed by atoms with Gasteiger partial charge in [0, 0.05) is 6.07 Å². The maximum Gasteiger partial charge on any atom is 0.264 e. The minimum absolute atomic E-state index is 0.0505. The third-order valence-corrected chi connectivity index (χ3v) is 6.54. The first kappa shape index (κ1) is 20.5. The van der Waals surface area contributed by atoms with E-state index in [1.807, 2.05) is 42.5 Å². The molecule has 7 heteroatoms. The van der Waals surface area contributed by atoms with Crippen molar-refractivity contribution in [3.05, 3.63) is 90.0 Å². The maximum atomic E-state index is 13.5. The fraction of sp³-hybridized carbons (Fsp3) is 0.125. The zero-order valence-electron chi connectivity index (χ0n) is 16.6. The van der Waals surface area contributed by atoms with Crippen molar-refractivity contribution in [3.63, 3.8) is 0 Å². The van der Waals surface area contributed by atoms with Crippen LogP contribution in [0.5, 0.6) is 11.5 Å². The van der Waals surface area contributed by atoms with E-state index in [1.54, 1.807) is 36.4 Å². The highest BCUT2D eigenvalue weighted by atomic mass is 32.2. The molecule has 1 aliphatic rings. The molecule has 0 N–H and O–H groups in total. The standard InChI is InChI=1S/C24H20N2O4S/c25-18-20-8-4-10-22(16-20)31(27,28)26(13-5-9-19-6-2-1-3-7-19)21-11-12-23-24(17-21)30-15-14-29-23/h1-12,16-17H,13-15H2/b9-5+. The number of sulfonamides is 1. The van der Waals surface area contributed by atoms with Crippen LogP contribution in [0.4, 0.5) is 5.69 Å². The van der Waals surface area contributed by atoms with Crippen LogP contribution < -0.4 is 13.8 Å². The average Bonchev–Trinajstić information content (AvgIpc) is 2.82. The van der Waals surface area contributed by atoms with Crippen LogP contribution >= 0.6 is 0 Å². The van der Waals surface area contributed by atoms with Gasteiger partial charge >= 0.3 is 0 Å². The molecule has 1 heterocycles. The zero-order chi connectivity index (χ0) is 21.7. The number of anilines is 1. The summed E-state index contributed by atoms with van der Waals surface area (Å²) in [7, 11) is -3.93. The van der Waals surface area contributed by atoms with E-state index in [0.717, 1.165) is 5.56 Å². The Morgan fingerprint density at radius 2 is 1.71 bits per heavy atom. The monoisotopic (exact) mass is 432 g/mol. The Bertz CT molecular complexity index is 1250. The summed E-state index contributed by atoms with van der Waals surface area (Å²) >= 11 is 0. The van der Waals surface area contributed by atoms with Crippen LogP contribution in [0.15, 0.2) is 83.8 Å². The molecule has 6 nitrogen and oxygen atoms in total. The summed E-state index contributed by atoms with van der Waals surface area (Å²) in [5.74, 6) is 1.08. The number of hydrogen-bond donors (Lipinski definition) is 0. The molecule has 0 radical (unpaired) electrons. The van der Waals surface area contributed by atoms with Crippen LogP contribution in [0.1, 0.15) is 11.1 Å². The zero-order valence-corrected chi connectivity index (χ0v) is 17.5. The van der Waals surface area contributed by atoms with Crippen LogP contribution in [0.3, 0.4) is 0 Å². The second kappa shape index (κ2) is 8.94. The van der Waals surface area contributed by atoms with Crippen LogP contribution in [0.25, 0.3) is 6.08 Å². The summed E-state index contributed by atoms with van der Waals surface area (Å²) in [6.45, 7) is 0.962. The van der Waals surface area contributed by atoms with E-state index < -0.39 is 10.0 Å². The van der Waals surface area contributed by atoms with E-state index in [0.29, 0.717) is 30.4 Å². The molecular weight excluding hydrogens is 412 g/mol. The molecule has 0 saturated carbocycles. The second-order valence-electron chi connectivity index (χ2n) is 6.82. The third kappa shape index (κ3) is 4.55. The van der Waals surface area contributed by atoms with Crippen molar-refractivity contribution >= 4 is 21.8 Å². The summed E-state index contributed by atoms with van der Waals surface area (Å²) in [6, 6.07) is 22.7. The van der Waals surface area contributed by atoms with Crippen molar-refractivity contribution in [3.8, 4) is 17.6 Å². The molecule has 0 aliphatic carbocycles. The van der Waals surface area contributed by atoms with E-state index >= 15 is 0 Å². The third-order valence-electron chi connectivity index (χ3n) is 4.75. The number of ether oxygens (including phenoxy) is 2. The molecule has 0 spiro atoms. The number of fused-ring (bicyclic) bond motifs is 1. The Morgan fingerprint density at radius 3 is 2.48 bits per heavy atom. The van der Waals surface area contributed by atoms with Crippen molar-refractivity contribution in [1.82, 2.24) is 0 Å². The lowest BCUT2D eigenvalue weighted by Crippen LogP contribution is -2.31. The number of benzene rings is 3. The summed E-state index contributed by atoms with van der Waals surface area (Å²) < 4.78 is 39.5. The first-order chi connectivity index (χ1) is 15.1. The van der Waals surface area contributed by atoms with Gasteiger partial charge in [0.2, 0.25) is 0 Å². The van der Waals surface area contributed by atoms with Gasteiger partial charge in [-0.2, -0.15) is 5.26 Å². The maximum absolute atomic E-state index is 13.5. The van der Waals surface area contributed by atoms with Crippen LogP contribution in [0.2, 0.25) is 0 Å². The van der Waals surface area contributed by atoms with Crippen molar-refractivity contribution in [2.45, 2.75) is 4.90 Å². The molecule has 0 aromatic heterocycles. The lowest BCUT2D eigenvalue weighted by atomic mass is 10.2. The molecule has 0 fully saturated rings. The number of rotatable bonds is 6. The molecule has 4 rings (SSSR count). The quantitative estimate of drug-likeness (QED) is 0.582. The smallest absolute Gasteiger partial charge is 0.264 e. The first-order valence-corrected chi connectivity index (χ1v) is 11.2. The Kier molecular flexibility index (Phi) is 5.92. The topological polar surface area (TPSA) is 79.6 Å². The molecular formula is C24H20N2O4S. The Labute approximate surface area is 181 Å². The number of nitriles is 1. The highest BCUT2D eigenvalue weighted by Gasteiger charge is 2.26. The van der Waals surface area contributed by atoms with Crippen LogP contribution in [-0.2, 0) is 10.0 Å². The van der Waals surface area contributed by atoms with Gasteiger partial charge in [-0.15, -0.1) is 0 Å². The fourth-order valence-corrected chi connectivity index (χ4v) is 4.69. The van der Waals surface area contributed by atoms with E-state index in [9.17, 15) is 13.7 Å². The van der Waals surface area contributed by atoms with Crippen molar-refractivity contribution in [1.29, 1.82) is 5.26 Å². The minimum Gasteiger partial charge on any atom is -0.486 e. The SMILES string of the molecule is N#Cc1cccc(S(=O)(=O)N(C/C=C/c2ccccc2)c2ccc3c(c2)OCCO3)c1. The Balaban J connectivity index is 1.73. The van der Waals surface area contributed by atoms with Crippen LogP contribution in [0, 0.1) is 11.3 Å². The number of nitrogens with zero attached hydrogens (tertiary/aromatic N) is 2. The minimum atomic E-state index is -3.93. The van der Waals surface area contributed by atoms with Gasteiger partial charge in [-0.05, 0) is 35.9 Å². The Morgan fingerprint density at radius 1 is 0.935 bits per heavy atom. The Hall–Kier alpha value is -3.76. The van der Waals surface area contributed by atoms with Crippen molar-refractivity contribution in [2.75, 3.05) is 24.1 Å². The molecule has 3 aromatic carbocycles. The highest BCUT2D eigenvalue weighted by Crippen LogP contribution is 2.35. The van der Waals surface area contributed by atoms with E-state index in [1.165, 1.54) is 16.4 Å². The summed E-state index contributed by atoms with van der Waals surface area (Å²) in [6.07, 6.45) is 3.66. The lowest BCUT2D eigenvalue weighted by Gasteiger charge is -2.25. The summed E-state index contributed by atoms with van der Waals surface area (Å²) in [4.78, 5) is 0.0505. The normalized spacial score (nSPS) is 13.0.